The van der Waals surface area contributed by atoms with Crippen molar-refractivity contribution < 1.29 is 14.7 Å². The fourth-order valence-corrected chi connectivity index (χ4v) is 1.90. The molecule has 21 heavy (non-hydrogen) atoms. The van der Waals surface area contributed by atoms with Crippen molar-refractivity contribution in [2.24, 2.45) is 0 Å². The van der Waals surface area contributed by atoms with Gasteiger partial charge in [-0.2, -0.15) is 0 Å². The van der Waals surface area contributed by atoms with Crippen molar-refractivity contribution in [2.45, 2.75) is 18.9 Å². The molecule has 0 aromatic heterocycles. The van der Waals surface area contributed by atoms with E-state index in [1.807, 2.05) is 37.4 Å². The van der Waals surface area contributed by atoms with Gasteiger partial charge in [-0.25, -0.2) is 9.59 Å². The molecule has 1 aromatic rings. The molecule has 6 nitrogen and oxygen atoms in total. The molecule has 0 aliphatic carbocycles. The molecule has 0 heterocycles. The number of hydrogen-bond donors (Lipinski definition) is 3. The lowest BCUT2D eigenvalue weighted by molar-refractivity contribution is -0.139. The van der Waals surface area contributed by atoms with E-state index in [9.17, 15) is 14.7 Å². The van der Waals surface area contributed by atoms with Crippen LogP contribution in [0.5, 0.6) is 0 Å². The maximum absolute atomic E-state index is 12.0. The van der Waals surface area contributed by atoms with Gasteiger partial charge in [-0.05, 0) is 25.6 Å². The molecule has 0 saturated heterocycles. The molecule has 116 valence electrons. The van der Waals surface area contributed by atoms with E-state index in [2.05, 4.69) is 10.6 Å². The Labute approximate surface area is 125 Å². The molecule has 0 bridgehead atoms. The van der Waals surface area contributed by atoms with Gasteiger partial charge in [0, 0.05) is 20.0 Å². The van der Waals surface area contributed by atoms with Crippen LogP contribution in [0.25, 0.3) is 0 Å². The molecule has 0 aliphatic heterocycles. The Kier molecular flexibility index (Phi) is 7.25. The largest absolute Gasteiger partial charge is 0.480 e. The van der Waals surface area contributed by atoms with Crippen molar-refractivity contribution in [3.05, 3.63) is 35.9 Å². The number of aliphatic carboxylic acids is 1. The van der Waals surface area contributed by atoms with Crippen molar-refractivity contribution in [1.82, 2.24) is 15.5 Å². The molecular formula is C15H23N3O3. The molecule has 0 unspecified atom stereocenters. The molecule has 2 amide bonds. The molecule has 0 radical (unpaired) electrons. The Morgan fingerprint density at radius 1 is 1.29 bits per heavy atom. The molecule has 1 atom stereocenters. The first-order chi connectivity index (χ1) is 10.0. The zero-order valence-electron chi connectivity index (χ0n) is 12.5. The van der Waals surface area contributed by atoms with Crippen molar-refractivity contribution >= 4 is 12.0 Å². The molecule has 1 rings (SSSR count). The minimum Gasteiger partial charge on any atom is -0.480 e. The number of carbonyl (C=O) groups excluding carboxylic acids is 1. The van der Waals surface area contributed by atoms with Crippen LogP contribution in [0.3, 0.4) is 0 Å². The van der Waals surface area contributed by atoms with E-state index in [-0.39, 0.29) is 12.5 Å². The maximum Gasteiger partial charge on any atom is 0.326 e. The Morgan fingerprint density at radius 2 is 1.95 bits per heavy atom. The highest BCUT2D eigenvalue weighted by atomic mass is 16.4. The number of nitrogens with one attached hydrogen (secondary N) is 2. The fourth-order valence-electron chi connectivity index (χ4n) is 1.90. The third-order valence-electron chi connectivity index (χ3n) is 3.15. The minimum atomic E-state index is -1.03. The number of hydrogen-bond acceptors (Lipinski definition) is 3. The lowest BCUT2D eigenvalue weighted by atomic mass is 10.1. The summed E-state index contributed by atoms with van der Waals surface area (Å²) in [6.45, 7) is 1.38. The SMILES string of the molecule is CNCCCN(C)C(=O)N[C@@H](Cc1ccccc1)C(=O)O. The second-order valence-corrected chi connectivity index (χ2v) is 4.91. The van der Waals surface area contributed by atoms with Crippen LogP contribution in [0.4, 0.5) is 4.79 Å². The normalized spacial score (nSPS) is 11.7. The highest BCUT2D eigenvalue weighted by Gasteiger charge is 2.21. The topological polar surface area (TPSA) is 81.7 Å². The minimum absolute atomic E-state index is 0.270. The summed E-state index contributed by atoms with van der Waals surface area (Å²) in [5.74, 6) is -1.03. The summed E-state index contributed by atoms with van der Waals surface area (Å²) in [5.41, 5.74) is 0.878. The zero-order valence-corrected chi connectivity index (χ0v) is 12.5. The molecule has 0 fully saturated rings. The summed E-state index contributed by atoms with van der Waals surface area (Å²) in [7, 11) is 3.51. The lowest BCUT2D eigenvalue weighted by Crippen LogP contribution is -2.48. The van der Waals surface area contributed by atoms with Gasteiger partial charge in [0.1, 0.15) is 6.04 Å². The first-order valence-electron chi connectivity index (χ1n) is 6.97. The molecule has 6 heteroatoms. The van der Waals surface area contributed by atoms with Crippen LogP contribution in [-0.2, 0) is 11.2 Å². The van der Waals surface area contributed by atoms with E-state index in [0.29, 0.717) is 6.54 Å². The van der Waals surface area contributed by atoms with Crippen LogP contribution in [0.15, 0.2) is 30.3 Å². The number of carbonyl (C=O) groups is 2. The Bertz CT molecular complexity index is 451. The van der Waals surface area contributed by atoms with E-state index in [1.54, 1.807) is 7.05 Å². The van der Waals surface area contributed by atoms with Gasteiger partial charge in [0.2, 0.25) is 0 Å². The molecule has 3 N–H and O–H groups in total. The first kappa shape index (κ1) is 17.0. The van der Waals surface area contributed by atoms with Crippen molar-refractivity contribution in [3.8, 4) is 0 Å². The summed E-state index contributed by atoms with van der Waals surface area (Å²) in [4.78, 5) is 24.8. The average molecular weight is 293 g/mol. The zero-order chi connectivity index (χ0) is 15.7. The monoisotopic (exact) mass is 293 g/mol. The van der Waals surface area contributed by atoms with Crippen molar-refractivity contribution in [1.29, 1.82) is 0 Å². The summed E-state index contributed by atoms with van der Waals surface area (Å²) < 4.78 is 0. The molecule has 1 aromatic carbocycles. The molecule has 0 spiro atoms. The van der Waals surface area contributed by atoms with E-state index >= 15 is 0 Å². The molecule has 0 aliphatic rings. The fraction of sp³-hybridized carbons (Fsp3) is 0.467. The number of amides is 2. The van der Waals surface area contributed by atoms with Crippen LogP contribution in [0.2, 0.25) is 0 Å². The number of urea groups is 1. The molecular weight excluding hydrogens is 270 g/mol. The van der Waals surface area contributed by atoms with Gasteiger partial charge in [-0.3, -0.25) is 0 Å². The van der Waals surface area contributed by atoms with Crippen molar-refractivity contribution in [2.75, 3.05) is 27.2 Å². The van der Waals surface area contributed by atoms with Gasteiger partial charge in [-0.1, -0.05) is 30.3 Å². The van der Waals surface area contributed by atoms with Crippen LogP contribution in [0.1, 0.15) is 12.0 Å². The predicted octanol–water partition coefficient (Wildman–Crippen LogP) is 0.933. The van der Waals surface area contributed by atoms with E-state index in [4.69, 9.17) is 0 Å². The van der Waals surface area contributed by atoms with E-state index < -0.39 is 12.0 Å². The maximum atomic E-state index is 12.0. The summed E-state index contributed by atoms with van der Waals surface area (Å²) in [6, 6.07) is 7.96. The van der Waals surface area contributed by atoms with Crippen molar-refractivity contribution in [3.63, 3.8) is 0 Å². The van der Waals surface area contributed by atoms with Crippen LogP contribution >= 0.6 is 0 Å². The third kappa shape index (κ3) is 6.27. The highest BCUT2D eigenvalue weighted by Crippen LogP contribution is 2.04. The number of nitrogens with zero attached hydrogens (tertiary/aromatic N) is 1. The number of rotatable bonds is 8. The standard InChI is InChI=1S/C15H23N3O3/c1-16-9-6-10-18(2)15(21)17-13(14(19)20)11-12-7-4-3-5-8-12/h3-5,7-8,13,16H,6,9-11H2,1-2H3,(H,17,21)(H,19,20)/t13-/m0/s1. The van der Waals surface area contributed by atoms with Gasteiger partial charge in [0.25, 0.3) is 0 Å². The van der Waals surface area contributed by atoms with Gasteiger partial charge in [0.15, 0.2) is 0 Å². The lowest BCUT2D eigenvalue weighted by Gasteiger charge is -2.21. The van der Waals surface area contributed by atoms with E-state index in [1.165, 1.54) is 4.90 Å². The van der Waals surface area contributed by atoms with Crippen LogP contribution < -0.4 is 10.6 Å². The van der Waals surface area contributed by atoms with Gasteiger partial charge in [0.05, 0.1) is 0 Å². The summed E-state index contributed by atoms with van der Waals surface area (Å²) in [6.07, 6.45) is 1.09. The van der Waals surface area contributed by atoms with Gasteiger partial charge >= 0.3 is 12.0 Å². The Morgan fingerprint density at radius 3 is 2.52 bits per heavy atom. The van der Waals surface area contributed by atoms with E-state index in [0.717, 1.165) is 18.5 Å². The number of carboxylic acids is 1. The summed E-state index contributed by atoms with van der Waals surface area (Å²) >= 11 is 0. The van der Waals surface area contributed by atoms with Crippen LogP contribution in [-0.4, -0.2) is 55.2 Å². The second kappa shape index (κ2) is 8.97. The van der Waals surface area contributed by atoms with Gasteiger partial charge < -0.3 is 20.6 Å². The third-order valence-corrected chi connectivity index (χ3v) is 3.15. The predicted molar refractivity (Wildman–Crippen MR) is 81.3 cm³/mol. The Hall–Kier alpha value is -2.08. The van der Waals surface area contributed by atoms with Gasteiger partial charge in [-0.15, -0.1) is 0 Å². The quantitative estimate of drug-likeness (QED) is 0.623. The first-order valence-corrected chi connectivity index (χ1v) is 6.97. The number of carboxylic acid groups (broad SMARTS) is 1. The molecule has 0 saturated carbocycles. The Balaban J connectivity index is 2.54. The smallest absolute Gasteiger partial charge is 0.326 e. The highest BCUT2D eigenvalue weighted by molar-refractivity contribution is 5.82. The van der Waals surface area contributed by atoms with Crippen LogP contribution in [0, 0.1) is 0 Å². The number of benzene rings is 1. The second-order valence-electron chi connectivity index (χ2n) is 4.91. The summed E-state index contributed by atoms with van der Waals surface area (Å²) in [5, 5.41) is 14.8. The average Bonchev–Trinajstić information content (AvgIpc) is 2.47.